The zero-order chi connectivity index (χ0) is 17.5. The van der Waals surface area contributed by atoms with Crippen LogP contribution in [0.2, 0.25) is 0 Å². The molecule has 2 aromatic carbocycles. The van der Waals surface area contributed by atoms with E-state index in [2.05, 4.69) is 21.2 Å². The third-order valence-electron chi connectivity index (χ3n) is 3.69. The molecule has 1 N–H and O–H groups in total. The molecule has 0 aliphatic heterocycles. The van der Waals surface area contributed by atoms with E-state index >= 15 is 0 Å². The minimum absolute atomic E-state index is 0.633. The Kier molecular flexibility index (Phi) is 6.75. The molecule has 0 saturated heterocycles. The standard InChI is InChI=1S/C18H22BrNO4/c1-21-13-5-6-17(23-3)12(7-13)10-20-11-15-16(19)8-14(22-2)9-18(15)24-4/h5-9,20H,10-11H2,1-4H3. The molecule has 0 spiro atoms. The second kappa shape index (κ2) is 8.80. The van der Waals surface area contributed by atoms with E-state index in [1.54, 1.807) is 28.4 Å². The molecule has 0 saturated carbocycles. The van der Waals surface area contributed by atoms with Gasteiger partial charge in [0.1, 0.15) is 23.0 Å². The molecule has 0 radical (unpaired) electrons. The SMILES string of the molecule is COc1ccc(OC)c(CNCc2c(Br)cc(OC)cc2OC)c1. The molecule has 0 aliphatic carbocycles. The van der Waals surface area contributed by atoms with Crippen LogP contribution in [-0.4, -0.2) is 28.4 Å². The fraction of sp³-hybridized carbons (Fsp3) is 0.333. The number of rotatable bonds is 8. The summed E-state index contributed by atoms with van der Waals surface area (Å²) in [5, 5.41) is 3.41. The van der Waals surface area contributed by atoms with Crippen molar-refractivity contribution in [1.29, 1.82) is 0 Å². The van der Waals surface area contributed by atoms with Gasteiger partial charge in [0, 0.05) is 34.8 Å². The van der Waals surface area contributed by atoms with Crippen LogP contribution in [-0.2, 0) is 13.1 Å². The summed E-state index contributed by atoms with van der Waals surface area (Å²) >= 11 is 3.57. The molecule has 0 heterocycles. The van der Waals surface area contributed by atoms with Crippen LogP contribution in [0.25, 0.3) is 0 Å². The van der Waals surface area contributed by atoms with E-state index in [4.69, 9.17) is 18.9 Å². The molecular formula is C18H22BrNO4. The lowest BCUT2D eigenvalue weighted by molar-refractivity contribution is 0.388. The fourth-order valence-electron chi connectivity index (χ4n) is 2.40. The number of halogens is 1. The second-order valence-electron chi connectivity index (χ2n) is 5.07. The lowest BCUT2D eigenvalue weighted by atomic mass is 10.1. The molecule has 0 aromatic heterocycles. The third kappa shape index (κ3) is 4.33. The van der Waals surface area contributed by atoms with Crippen molar-refractivity contribution in [2.45, 2.75) is 13.1 Å². The van der Waals surface area contributed by atoms with Gasteiger partial charge in [0.15, 0.2) is 0 Å². The van der Waals surface area contributed by atoms with Crippen molar-refractivity contribution in [3.8, 4) is 23.0 Å². The van der Waals surface area contributed by atoms with Crippen LogP contribution in [0.1, 0.15) is 11.1 Å². The van der Waals surface area contributed by atoms with Crippen LogP contribution in [0, 0.1) is 0 Å². The first-order valence-electron chi connectivity index (χ1n) is 7.45. The van der Waals surface area contributed by atoms with Gasteiger partial charge in [-0.25, -0.2) is 0 Å². The van der Waals surface area contributed by atoms with E-state index in [1.165, 1.54) is 0 Å². The van der Waals surface area contributed by atoms with E-state index in [0.717, 1.165) is 38.6 Å². The molecule has 0 aliphatic rings. The number of hydrogen-bond acceptors (Lipinski definition) is 5. The minimum Gasteiger partial charge on any atom is -0.497 e. The number of nitrogens with one attached hydrogen (secondary N) is 1. The number of benzene rings is 2. The Hall–Kier alpha value is -1.92. The van der Waals surface area contributed by atoms with Crippen molar-refractivity contribution in [1.82, 2.24) is 5.32 Å². The topological polar surface area (TPSA) is 49.0 Å². The molecule has 24 heavy (non-hydrogen) atoms. The molecule has 2 rings (SSSR count). The molecule has 6 heteroatoms. The van der Waals surface area contributed by atoms with E-state index in [1.807, 2.05) is 30.3 Å². The van der Waals surface area contributed by atoms with E-state index in [0.29, 0.717) is 13.1 Å². The van der Waals surface area contributed by atoms with Gasteiger partial charge in [0.05, 0.1) is 28.4 Å². The smallest absolute Gasteiger partial charge is 0.128 e. The highest BCUT2D eigenvalue weighted by molar-refractivity contribution is 9.10. The van der Waals surface area contributed by atoms with Crippen LogP contribution in [0.4, 0.5) is 0 Å². The van der Waals surface area contributed by atoms with Gasteiger partial charge in [-0.05, 0) is 24.3 Å². The van der Waals surface area contributed by atoms with Gasteiger partial charge in [-0.1, -0.05) is 15.9 Å². The first-order valence-corrected chi connectivity index (χ1v) is 8.24. The van der Waals surface area contributed by atoms with Crippen molar-refractivity contribution >= 4 is 15.9 Å². The number of ether oxygens (including phenoxy) is 4. The van der Waals surface area contributed by atoms with Crippen LogP contribution >= 0.6 is 15.9 Å². The molecule has 0 bridgehead atoms. The Bertz CT molecular complexity index is 691. The molecule has 0 unspecified atom stereocenters. The summed E-state index contributed by atoms with van der Waals surface area (Å²) in [4.78, 5) is 0. The van der Waals surface area contributed by atoms with E-state index < -0.39 is 0 Å². The quantitative estimate of drug-likeness (QED) is 0.736. The highest BCUT2D eigenvalue weighted by Crippen LogP contribution is 2.32. The van der Waals surface area contributed by atoms with Gasteiger partial charge in [0.25, 0.3) is 0 Å². The van der Waals surface area contributed by atoms with Crippen LogP contribution in [0.15, 0.2) is 34.8 Å². The molecule has 0 fully saturated rings. The second-order valence-corrected chi connectivity index (χ2v) is 5.93. The molecule has 0 atom stereocenters. The molecule has 5 nitrogen and oxygen atoms in total. The summed E-state index contributed by atoms with van der Waals surface area (Å²) in [5.74, 6) is 3.14. The highest BCUT2D eigenvalue weighted by atomic mass is 79.9. The summed E-state index contributed by atoms with van der Waals surface area (Å²) in [7, 11) is 6.59. The zero-order valence-corrected chi connectivity index (χ0v) is 15.9. The van der Waals surface area contributed by atoms with Crippen molar-refractivity contribution in [3.05, 3.63) is 45.9 Å². The Morgan fingerprint density at radius 3 is 2.12 bits per heavy atom. The van der Waals surface area contributed by atoms with Crippen LogP contribution in [0.5, 0.6) is 23.0 Å². The summed E-state index contributed by atoms with van der Waals surface area (Å²) in [6.45, 7) is 1.27. The zero-order valence-electron chi connectivity index (χ0n) is 14.3. The Morgan fingerprint density at radius 2 is 1.50 bits per heavy atom. The summed E-state index contributed by atoms with van der Waals surface area (Å²) in [6, 6.07) is 9.54. The van der Waals surface area contributed by atoms with Gasteiger partial charge in [0.2, 0.25) is 0 Å². The van der Waals surface area contributed by atoms with Gasteiger partial charge < -0.3 is 24.3 Å². The van der Waals surface area contributed by atoms with Crippen molar-refractivity contribution in [3.63, 3.8) is 0 Å². The lowest BCUT2D eigenvalue weighted by Crippen LogP contribution is -2.14. The van der Waals surface area contributed by atoms with Crippen molar-refractivity contribution in [2.24, 2.45) is 0 Å². The van der Waals surface area contributed by atoms with Gasteiger partial charge in [-0.15, -0.1) is 0 Å². The monoisotopic (exact) mass is 395 g/mol. The van der Waals surface area contributed by atoms with Gasteiger partial charge in [-0.3, -0.25) is 0 Å². The molecule has 130 valence electrons. The first kappa shape index (κ1) is 18.4. The van der Waals surface area contributed by atoms with Crippen molar-refractivity contribution < 1.29 is 18.9 Å². The summed E-state index contributed by atoms with van der Waals surface area (Å²) in [6.07, 6.45) is 0. The maximum Gasteiger partial charge on any atom is 0.128 e. The Morgan fingerprint density at radius 1 is 0.792 bits per heavy atom. The number of methoxy groups -OCH3 is 4. The number of hydrogen-bond donors (Lipinski definition) is 1. The largest absolute Gasteiger partial charge is 0.497 e. The maximum atomic E-state index is 5.46. The predicted octanol–water partition coefficient (Wildman–Crippen LogP) is 3.77. The average Bonchev–Trinajstić information content (AvgIpc) is 2.62. The summed E-state index contributed by atoms with van der Waals surface area (Å²) in [5.41, 5.74) is 2.06. The predicted molar refractivity (Wildman–Crippen MR) is 97.3 cm³/mol. The maximum absolute atomic E-state index is 5.46. The molecule has 0 amide bonds. The van der Waals surface area contributed by atoms with Gasteiger partial charge in [-0.2, -0.15) is 0 Å². The summed E-state index contributed by atoms with van der Waals surface area (Å²) < 4.78 is 22.3. The molecular weight excluding hydrogens is 374 g/mol. The Balaban J connectivity index is 2.12. The normalized spacial score (nSPS) is 10.4. The Labute approximate surface area is 151 Å². The third-order valence-corrected chi connectivity index (χ3v) is 4.40. The lowest BCUT2D eigenvalue weighted by Gasteiger charge is -2.15. The van der Waals surface area contributed by atoms with Crippen molar-refractivity contribution in [2.75, 3.05) is 28.4 Å². The molecule has 2 aromatic rings. The van der Waals surface area contributed by atoms with Gasteiger partial charge >= 0.3 is 0 Å². The van der Waals surface area contributed by atoms with Crippen LogP contribution in [0.3, 0.4) is 0 Å². The highest BCUT2D eigenvalue weighted by Gasteiger charge is 2.11. The van der Waals surface area contributed by atoms with E-state index in [9.17, 15) is 0 Å². The minimum atomic E-state index is 0.633. The first-order chi connectivity index (χ1) is 11.6. The van der Waals surface area contributed by atoms with Crippen LogP contribution < -0.4 is 24.3 Å². The fourth-order valence-corrected chi connectivity index (χ4v) is 2.96. The van der Waals surface area contributed by atoms with E-state index in [-0.39, 0.29) is 0 Å². The average molecular weight is 396 g/mol.